The molecule has 0 atom stereocenters. The number of nitrogens with one attached hydrogen (secondary N) is 1. The Morgan fingerprint density at radius 2 is 1.88 bits per heavy atom. The van der Waals surface area contributed by atoms with Crippen LogP contribution in [0.25, 0.3) is 0 Å². The second-order valence-corrected chi connectivity index (χ2v) is 7.88. The van der Waals surface area contributed by atoms with Crippen LogP contribution in [0.15, 0.2) is 48.5 Å². The smallest absolute Gasteiger partial charge is 0.225 e. The Morgan fingerprint density at radius 1 is 1.16 bits per heavy atom. The van der Waals surface area contributed by atoms with E-state index >= 15 is 0 Å². The monoisotopic (exact) mass is 364 g/mol. The minimum absolute atomic E-state index is 0.0185. The van der Waals surface area contributed by atoms with E-state index in [1.807, 2.05) is 31.2 Å². The molecule has 0 aliphatic carbocycles. The molecule has 0 bridgehead atoms. The molecule has 134 valence electrons. The fourth-order valence-corrected chi connectivity index (χ4v) is 3.20. The van der Waals surface area contributed by atoms with E-state index in [-0.39, 0.29) is 25.4 Å². The van der Waals surface area contributed by atoms with Crippen molar-refractivity contribution < 1.29 is 17.6 Å². The van der Waals surface area contributed by atoms with Crippen molar-refractivity contribution in [2.75, 3.05) is 18.1 Å². The number of hydrogen-bond acceptors (Lipinski definition) is 3. The van der Waals surface area contributed by atoms with Gasteiger partial charge in [0.05, 0.1) is 6.26 Å². The van der Waals surface area contributed by atoms with Gasteiger partial charge in [-0.25, -0.2) is 12.8 Å². The average Bonchev–Trinajstić information content (AvgIpc) is 2.50. The number of nitrogens with zero attached hydrogens (tertiary/aromatic N) is 1. The molecule has 0 fully saturated rings. The molecular formula is C18H21FN2O3S. The normalized spacial score (nSPS) is 11.5. The summed E-state index contributed by atoms with van der Waals surface area (Å²) >= 11 is 0. The third-order valence-electron chi connectivity index (χ3n) is 3.61. The molecule has 1 amide bonds. The van der Waals surface area contributed by atoms with Crippen molar-refractivity contribution in [1.82, 2.24) is 4.31 Å². The van der Waals surface area contributed by atoms with Crippen molar-refractivity contribution in [3.05, 3.63) is 65.5 Å². The summed E-state index contributed by atoms with van der Waals surface area (Å²) in [5.41, 5.74) is 2.24. The molecule has 0 saturated carbocycles. The second-order valence-electron chi connectivity index (χ2n) is 5.89. The largest absolute Gasteiger partial charge is 0.326 e. The number of carbonyl (C=O) groups is 1. The first-order chi connectivity index (χ1) is 11.7. The maximum absolute atomic E-state index is 13.1. The molecule has 2 rings (SSSR count). The van der Waals surface area contributed by atoms with Gasteiger partial charge in [0.15, 0.2) is 0 Å². The summed E-state index contributed by atoms with van der Waals surface area (Å²) in [5, 5.41) is 2.56. The predicted octanol–water partition coefficient (Wildman–Crippen LogP) is 2.92. The molecule has 0 aromatic heterocycles. The fraction of sp³-hybridized carbons (Fsp3) is 0.278. The molecule has 0 spiro atoms. The number of hydrogen-bond donors (Lipinski definition) is 1. The highest BCUT2D eigenvalue weighted by molar-refractivity contribution is 7.88. The number of aryl methyl sites for hydroxylation is 1. The summed E-state index contributed by atoms with van der Waals surface area (Å²) in [6.45, 7) is 2.18. The van der Waals surface area contributed by atoms with E-state index in [4.69, 9.17) is 0 Å². The van der Waals surface area contributed by atoms with Gasteiger partial charge in [0.1, 0.15) is 5.82 Å². The van der Waals surface area contributed by atoms with Gasteiger partial charge in [-0.1, -0.05) is 35.9 Å². The molecule has 0 heterocycles. The van der Waals surface area contributed by atoms with Crippen LogP contribution in [0.3, 0.4) is 0 Å². The van der Waals surface area contributed by atoms with Gasteiger partial charge in [0.25, 0.3) is 0 Å². The zero-order valence-corrected chi connectivity index (χ0v) is 15.0. The molecule has 0 radical (unpaired) electrons. The van der Waals surface area contributed by atoms with Gasteiger partial charge in [-0.05, 0) is 30.7 Å². The van der Waals surface area contributed by atoms with Crippen molar-refractivity contribution in [1.29, 1.82) is 0 Å². The van der Waals surface area contributed by atoms with Gasteiger partial charge in [0, 0.05) is 25.2 Å². The summed E-state index contributed by atoms with van der Waals surface area (Å²) < 4.78 is 38.3. The Hall–Kier alpha value is -2.25. The van der Waals surface area contributed by atoms with Crippen LogP contribution in [0.1, 0.15) is 17.5 Å². The first-order valence-electron chi connectivity index (χ1n) is 7.80. The van der Waals surface area contributed by atoms with Gasteiger partial charge < -0.3 is 5.32 Å². The average molecular weight is 364 g/mol. The van der Waals surface area contributed by atoms with Gasteiger partial charge in [0.2, 0.25) is 15.9 Å². The van der Waals surface area contributed by atoms with Crippen LogP contribution in [-0.4, -0.2) is 31.4 Å². The van der Waals surface area contributed by atoms with Crippen molar-refractivity contribution in [3.63, 3.8) is 0 Å². The molecule has 1 N–H and O–H groups in total. The molecule has 2 aromatic rings. The highest BCUT2D eigenvalue weighted by Gasteiger charge is 2.18. The lowest BCUT2D eigenvalue weighted by molar-refractivity contribution is -0.116. The van der Waals surface area contributed by atoms with Gasteiger partial charge in [-0.15, -0.1) is 0 Å². The van der Waals surface area contributed by atoms with E-state index in [0.29, 0.717) is 5.69 Å². The Labute approximate surface area is 147 Å². The van der Waals surface area contributed by atoms with E-state index in [2.05, 4.69) is 5.32 Å². The van der Waals surface area contributed by atoms with Crippen molar-refractivity contribution in [3.8, 4) is 0 Å². The molecule has 0 unspecified atom stereocenters. The highest BCUT2D eigenvalue weighted by Crippen LogP contribution is 2.13. The van der Waals surface area contributed by atoms with Gasteiger partial charge in [-0.3, -0.25) is 4.79 Å². The summed E-state index contributed by atoms with van der Waals surface area (Å²) in [4.78, 5) is 12.0. The minimum atomic E-state index is -3.46. The third kappa shape index (κ3) is 6.28. The standard InChI is InChI=1S/C18H21FN2O3S/c1-14-5-3-6-15(11-14)13-21(25(2,23)24)10-9-18(22)20-17-8-4-7-16(19)12-17/h3-8,11-12H,9-10,13H2,1-2H3,(H,20,22). The highest BCUT2D eigenvalue weighted by atomic mass is 32.2. The number of halogens is 1. The fourth-order valence-electron chi connectivity index (χ4n) is 2.39. The summed E-state index contributed by atoms with van der Waals surface area (Å²) in [5.74, 6) is -0.821. The van der Waals surface area contributed by atoms with E-state index in [1.165, 1.54) is 22.5 Å². The molecule has 25 heavy (non-hydrogen) atoms. The lowest BCUT2D eigenvalue weighted by atomic mass is 10.1. The first-order valence-corrected chi connectivity index (χ1v) is 9.65. The summed E-state index contributed by atoms with van der Waals surface area (Å²) in [6.07, 6.45) is 1.10. The van der Waals surface area contributed by atoms with Gasteiger partial charge in [-0.2, -0.15) is 4.31 Å². The van der Waals surface area contributed by atoms with Crippen LogP contribution < -0.4 is 5.32 Å². The van der Waals surface area contributed by atoms with Crippen LogP contribution in [0, 0.1) is 12.7 Å². The molecule has 0 saturated heterocycles. The quantitative estimate of drug-likeness (QED) is 0.821. The maximum atomic E-state index is 13.1. The Balaban J connectivity index is 1.99. The Morgan fingerprint density at radius 3 is 2.52 bits per heavy atom. The zero-order valence-electron chi connectivity index (χ0n) is 14.2. The topological polar surface area (TPSA) is 66.5 Å². The van der Waals surface area contributed by atoms with Crippen LogP contribution in [-0.2, 0) is 21.4 Å². The second kappa shape index (κ2) is 8.22. The number of benzene rings is 2. The molecule has 0 aliphatic rings. The third-order valence-corrected chi connectivity index (χ3v) is 4.86. The summed E-state index contributed by atoms with van der Waals surface area (Å²) in [6, 6.07) is 13.1. The predicted molar refractivity (Wildman–Crippen MR) is 96.1 cm³/mol. The minimum Gasteiger partial charge on any atom is -0.326 e. The molecule has 7 heteroatoms. The SMILES string of the molecule is Cc1cccc(CN(CCC(=O)Nc2cccc(F)c2)S(C)(=O)=O)c1. The number of carbonyl (C=O) groups excluding carboxylic acids is 1. The van der Waals surface area contributed by atoms with E-state index < -0.39 is 15.8 Å². The number of amides is 1. The van der Waals surface area contributed by atoms with Crippen LogP contribution in [0.5, 0.6) is 0 Å². The van der Waals surface area contributed by atoms with Crippen molar-refractivity contribution in [2.24, 2.45) is 0 Å². The Kier molecular flexibility index (Phi) is 6.27. The van der Waals surface area contributed by atoms with E-state index in [1.54, 1.807) is 6.07 Å². The molecular weight excluding hydrogens is 343 g/mol. The molecule has 0 aliphatic heterocycles. The Bertz CT molecular complexity index is 853. The maximum Gasteiger partial charge on any atom is 0.225 e. The summed E-state index contributed by atoms with van der Waals surface area (Å²) in [7, 11) is -3.46. The van der Waals surface area contributed by atoms with Crippen LogP contribution in [0.2, 0.25) is 0 Å². The van der Waals surface area contributed by atoms with Crippen LogP contribution in [0.4, 0.5) is 10.1 Å². The lowest BCUT2D eigenvalue weighted by Gasteiger charge is -2.20. The van der Waals surface area contributed by atoms with Crippen molar-refractivity contribution >= 4 is 21.6 Å². The molecule has 2 aromatic carbocycles. The van der Waals surface area contributed by atoms with Crippen molar-refractivity contribution in [2.45, 2.75) is 19.9 Å². The number of rotatable bonds is 7. The number of sulfonamides is 1. The zero-order chi connectivity index (χ0) is 18.4. The number of anilines is 1. The molecule has 5 nitrogen and oxygen atoms in total. The lowest BCUT2D eigenvalue weighted by Crippen LogP contribution is -2.32. The van der Waals surface area contributed by atoms with E-state index in [0.717, 1.165) is 17.4 Å². The van der Waals surface area contributed by atoms with Crippen LogP contribution >= 0.6 is 0 Å². The first kappa shape index (κ1) is 19.1. The van der Waals surface area contributed by atoms with Gasteiger partial charge >= 0.3 is 0 Å². The van der Waals surface area contributed by atoms with E-state index in [9.17, 15) is 17.6 Å².